The van der Waals surface area contributed by atoms with E-state index in [1.165, 1.54) is 65.7 Å². The third kappa shape index (κ3) is 3.03. The van der Waals surface area contributed by atoms with Crippen molar-refractivity contribution >= 4 is 32.3 Å². The van der Waals surface area contributed by atoms with Crippen LogP contribution in [0.2, 0.25) is 0 Å². The lowest BCUT2D eigenvalue weighted by Gasteiger charge is -2.36. The molecule has 0 amide bonds. The quantitative estimate of drug-likeness (QED) is 0.221. The summed E-state index contributed by atoms with van der Waals surface area (Å²) in [5, 5.41) is 7.82. The van der Waals surface area contributed by atoms with Crippen LogP contribution in [0.25, 0.3) is 66.0 Å². The second-order valence-electron chi connectivity index (χ2n) is 11.5. The minimum absolute atomic E-state index is 0.115. The molecule has 0 atom stereocenters. The minimum Gasteiger partial charge on any atom is -0.253 e. The summed E-state index contributed by atoms with van der Waals surface area (Å²) in [5.41, 5.74) is 11.8. The molecule has 8 rings (SSSR count). The van der Waals surface area contributed by atoms with E-state index in [-0.39, 0.29) is 5.41 Å². The van der Waals surface area contributed by atoms with Gasteiger partial charge in [-0.1, -0.05) is 74.5 Å². The van der Waals surface area contributed by atoms with E-state index in [9.17, 15) is 0 Å². The number of pyridine rings is 2. The maximum atomic E-state index is 4.99. The number of benzene rings is 5. The molecule has 7 aromatic rings. The Morgan fingerprint density at radius 2 is 1.15 bits per heavy atom. The van der Waals surface area contributed by atoms with Gasteiger partial charge in [0.25, 0.3) is 0 Å². The fourth-order valence-electron chi connectivity index (χ4n) is 6.95. The van der Waals surface area contributed by atoms with Gasteiger partial charge in [-0.3, -0.25) is 9.97 Å². The summed E-state index contributed by atoms with van der Waals surface area (Å²) < 4.78 is 0. The highest BCUT2D eigenvalue weighted by Crippen LogP contribution is 2.54. The van der Waals surface area contributed by atoms with Gasteiger partial charge in [0.15, 0.2) is 0 Å². The Labute approximate surface area is 228 Å². The van der Waals surface area contributed by atoms with Crippen LogP contribution in [0, 0.1) is 13.8 Å². The zero-order valence-electron chi connectivity index (χ0n) is 22.6. The van der Waals surface area contributed by atoms with E-state index in [1.807, 2.05) is 0 Å². The van der Waals surface area contributed by atoms with Crippen LogP contribution in [0.1, 0.15) is 36.4 Å². The van der Waals surface area contributed by atoms with Crippen molar-refractivity contribution in [3.8, 4) is 33.6 Å². The number of nitrogens with zero attached hydrogens (tertiary/aromatic N) is 2. The molecule has 186 valence electrons. The van der Waals surface area contributed by atoms with E-state index in [1.54, 1.807) is 0 Å². The van der Waals surface area contributed by atoms with Crippen LogP contribution in [0.4, 0.5) is 0 Å². The van der Waals surface area contributed by atoms with Crippen molar-refractivity contribution in [1.82, 2.24) is 9.97 Å². The van der Waals surface area contributed by atoms with Crippen molar-refractivity contribution in [2.75, 3.05) is 0 Å². The molecule has 0 spiro atoms. The molecular formula is C37H28N2. The summed E-state index contributed by atoms with van der Waals surface area (Å²) in [7, 11) is 0. The van der Waals surface area contributed by atoms with Gasteiger partial charge in [-0.25, -0.2) is 0 Å². The standard InChI is InChI=1S/C37H28N2/c1-21-9-7-13-32(38-21)25-16-15-23-19-31-35-29(24-11-5-6-12-30(24)37(31,3)4)20-28(33-14-8-10-22(2)39-33)27-18-17-26(25)34(23)36(27)35/h5-20H,1-4H3. The molecule has 39 heavy (non-hydrogen) atoms. The number of fused-ring (bicyclic) bond motifs is 2. The number of hydrogen-bond donors (Lipinski definition) is 0. The Balaban J connectivity index is 1.61. The predicted molar refractivity (Wildman–Crippen MR) is 164 cm³/mol. The predicted octanol–water partition coefficient (Wildman–Crippen LogP) is 9.63. The molecule has 2 heteroatoms. The maximum Gasteiger partial charge on any atom is 0.0711 e. The van der Waals surface area contributed by atoms with Crippen LogP contribution in [-0.2, 0) is 5.41 Å². The number of hydrogen-bond acceptors (Lipinski definition) is 2. The third-order valence-electron chi connectivity index (χ3n) is 8.77. The van der Waals surface area contributed by atoms with E-state index in [4.69, 9.17) is 9.97 Å². The molecule has 0 bridgehead atoms. The Morgan fingerprint density at radius 3 is 1.87 bits per heavy atom. The van der Waals surface area contributed by atoms with Gasteiger partial charge in [-0.05, 0) is 105 Å². The average molecular weight is 501 g/mol. The SMILES string of the molecule is Cc1cccc(-c2ccc3cc4c5c(cc(-c6cccc(C)n6)c6ccc2c3c65)-c2ccccc2C4(C)C)n1. The molecular weight excluding hydrogens is 472 g/mol. The highest BCUT2D eigenvalue weighted by atomic mass is 14.7. The van der Waals surface area contributed by atoms with Crippen molar-refractivity contribution < 1.29 is 0 Å². The molecule has 2 aromatic heterocycles. The van der Waals surface area contributed by atoms with E-state index < -0.39 is 0 Å². The maximum absolute atomic E-state index is 4.99. The smallest absolute Gasteiger partial charge is 0.0711 e. The van der Waals surface area contributed by atoms with E-state index in [2.05, 4.69) is 125 Å². The highest BCUT2D eigenvalue weighted by molar-refractivity contribution is 6.31. The molecule has 5 aromatic carbocycles. The monoisotopic (exact) mass is 500 g/mol. The first-order chi connectivity index (χ1) is 18.9. The van der Waals surface area contributed by atoms with Crippen molar-refractivity contribution in [3.63, 3.8) is 0 Å². The summed E-state index contributed by atoms with van der Waals surface area (Å²) in [6.45, 7) is 8.88. The number of aromatic nitrogens is 2. The van der Waals surface area contributed by atoms with Crippen molar-refractivity contribution in [2.45, 2.75) is 33.1 Å². The Hall–Kier alpha value is -4.56. The van der Waals surface area contributed by atoms with Gasteiger partial charge < -0.3 is 0 Å². The van der Waals surface area contributed by atoms with Gasteiger partial charge in [0.05, 0.1) is 11.4 Å². The highest BCUT2D eigenvalue weighted by Gasteiger charge is 2.35. The van der Waals surface area contributed by atoms with Gasteiger partial charge in [0, 0.05) is 27.9 Å². The van der Waals surface area contributed by atoms with Crippen LogP contribution in [0.3, 0.4) is 0 Å². The topological polar surface area (TPSA) is 25.8 Å². The van der Waals surface area contributed by atoms with Crippen LogP contribution in [-0.4, -0.2) is 9.97 Å². The molecule has 0 fully saturated rings. The zero-order chi connectivity index (χ0) is 26.5. The first-order valence-corrected chi connectivity index (χ1v) is 13.7. The van der Waals surface area contributed by atoms with Crippen molar-refractivity contribution in [3.05, 3.63) is 120 Å². The Bertz CT molecular complexity index is 2120. The zero-order valence-corrected chi connectivity index (χ0v) is 22.6. The lowest BCUT2D eigenvalue weighted by atomic mass is 9.67. The van der Waals surface area contributed by atoms with E-state index in [0.717, 1.165) is 22.8 Å². The molecule has 1 aliphatic rings. The summed E-state index contributed by atoms with van der Waals surface area (Å²) in [6.07, 6.45) is 0. The molecule has 2 nitrogen and oxygen atoms in total. The second-order valence-corrected chi connectivity index (χ2v) is 11.5. The lowest BCUT2D eigenvalue weighted by Crippen LogP contribution is -2.23. The number of aryl methyl sites for hydroxylation is 2. The second kappa shape index (κ2) is 7.74. The Kier molecular flexibility index (Phi) is 4.45. The summed E-state index contributed by atoms with van der Waals surface area (Å²) in [6, 6.07) is 35.6. The molecule has 0 N–H and O–H groups in total. The van der Waals surface area contributed by atoms with Crippen LogP contribution in [0.5, 0.6) is 0 Å². The number of rotatable bonds is 2. The van der Waals surface area contributed by atoms with Gasteiger partial charge in [0.1, 0.15) is 0 Å². The normalized spacial score (nSPS) is 13.8. The first kappa shape index (κ1) is 22.4. The van der Waals surface area contributed by atoms with E-state index >= 15 is 0 Å². The fraction of sp³-hybridized carbons (Fsp3) is 0.135. The molecule has 0 saturated carbocycles. The molecule has 0 radical (unpaired) electrons. The molecule has 0 aliphatic heterocycles. The van der Waals surface area contributed by atoms with Gasteiger partial charge in [-0.2, -0.15) is 0 Å². The lowest BCUT2D eigenvalue weighted by molar-refractivity contribution is 0.646. The molecule has 1 aliphatic carbocycles. The third-order valence-corrected chi connectivity index (χ3v) is 8.77. The van der Waals surface area contributed by atoms with E-state index in [0.29, 0.717) is 0 Å². The summed E-state index contributed by atoms with van der Waals surface area (Å²) in [5.74, 6) is 0. The van der Waals surface area contributed by atoms with Gasteiger partial charge >= 0.3 is 0 Å². The first-order valence-electron chi connectivity index (χ1n) is 13.7. The van der Waals surface area contributed by atoms with Crippen LogP contribution in [0.15, 0.2) is 97.1 Å². The van der Waals surface area contributed by atoms with Crippen molar-refractivity contribution in [1.29, 1.82) is 0 Å². The molecule has 2 heterocycles. The minimum atomic E-state index is -0.115. The summed E-state index contributed by atoms with van der Waals surface area (Å²) in [4.78, 5) is 9.90. The molecule has 0 unspecified atom stereocenters. The van der Waals surface area contributed by atoms with Crippen LogP contribution < -0.4 is 0 Å². The fourth-order valence-corrected chi connectivity index (χ4v) is 6.95. The average Bonchev–Trinajstić information content (AvgIpc) is 2.94. The van der Waals surface area contributed by atoms with Gasteiger partial charge in [-0.15, -0.1) is 0 Å². The van der Waals surface area contributed by atoms with Crippen molar-refractivity contribution in [2.24, 2.45) is 0 Å². The van der Waals surface area contributed by atoms with Crippen LogP contribution >= 0.6 is 0 Å². The van der Waals surface area contributed by atoms with Gasteiger partial charge in [0.2, 0.25) is 0 Å². The Morgan fingerprint density at radius 1 is 0.487 bits per heavy atom. The summed E-state index contributed by atoms with van der Waals surface area (Å²) >= 11 is 0. The largest absolute Gasteiger partial charge is 0.253 e. The molecule has 0 saturated heterocycles.